The molecule has 0 aliphatic rings. The third-order valence-electron chi connectivity index (χ3n) is 2.79. The van der Waals surface area contributed by atoms with Crippen LogP contribution >= 0.6 is 11.6 Å². The molecule has 0 saturated carbocycles. The highest BCUT2D eigenvalue weighted by Crippen LogP contribution is 2.11. The standard InChI is InChI=1S/C16H13ClFN3O2/c17-14-7-2-1-4-12(14)9-20-21-15(22)10-19-16(23)11-5-3-6-13(18)8-11/h1-9H,10H2,(H,19,23)(H,21,22)/b20-9+. The molecule has 0 radical (unpaired) electrons. The fourth-order valence-electron chi connectivity index (χ4n) is 1.69. The van der Waals surface area contributed by atoms with Crippen LogP contribution in [0, 0.1) is 5.82 Å². The fourth-order valence-corrected chi connectivity index (χ4v) is 1.87. The van der Waals surface area contributed by atoms with Gasteiger partial charge in [-0.25, -0.2) is 9.82 Å². The summed E-state index contributed by atoms with van der Waals surface area (Å²) in [5, 5.41) is 6.62. The van der Waals surface area contributed by atoms with Crippen molar-refractivity contribution in [1.82, 2.24) is 10.7 Å². The minimum absolute atomic E-state index is 0.136. The fraction of sp³-hybridized carbons (Fsp3) is 0.0625. The monoisotopic (exact) mass is 333 g/mol. The van der Waals surface area contributed by atoms with Crippen LogP contribution in [-0.4, -0.2) is 24.6 Å². The molecule has 0 aliphatic heterocycles. The minimum atomic E-state index is -0.547. The minimum Gasteiger partial charge on any atom is -0.343 e. The molecule has 5 nitrogen and oxygen atoms in total. The van der Waals surface area contributed by atoms with Gasteiger partial charge in [-0.3, -0.25) is 9.59 Å². The number of halogens is 2. The summed E-state index contributed by atoms with van der Waals surface area (Å²) in [6.07, 6.45) is 1.40. The third kappa shape index (κ3) is 5.19. The number of rotatable bonds is 5. The Morgan fingerprint density at radius 1 is 1.17 bits per heavy atom. The number of carbonyl (C=O) groups is 2. The maximum atomic E-state index is 13.0. The van der Waals surface area contributed by atoms with E-state index < -0.39 is 17.6 Å². The van der Waals surface area contributed by atoms with Crippen LogP contribution < -0.4 is 10.7 Å². The number of amides is 2. The molecule has 0 atom stereocenters. The summed E-state index contributed by atoms with van der Waals surface area (Å²) < 4.78 is 13.0. The maximum Gasteiger partial charge on any atom is 0.259 e. The van der Waals surface area contributed by atoms with Crippen LogP contribution in [0.1, 0.15) is 15.9 Å². The molecule has 7 heteroatoms. The van der Waals surface area contributed by atoms with Crippen LogP contribution in [0.2, 0.25) is 5.02 Å². The molecule has 0 unspecified atom stereocenters. The maximum absolute atomic E-state index is 13.0. The van der Waals surface area contributed by atoms with E-state index in [4.69, 9.17) is 11.6 Å². The average Bonchev–Trinajstić information content (AvgIpc) is 2.54. The Balaban J connectivity index is 1.81. The summed E-state index contributed by atoms with van der Waals surface area (Å²) in [7, 11) is 0. The highest BCUT2D eigenvalue weighted by atomic mass is 35.5. The molecule has 0 spiro atoms. The molecule has 0 saturated heterocycles. The van der Waals surface area contributed by atoms with E-state index in [2.05, 4.69) is 15.8 Å². The number of carbonyl (C=O) groups excluding carboxylic acids is 2. The van der Waals surface area contributed by atoms with Gasteiger partial charge in [-0.2, -0.15) is 5.10 Å². The number of nitrogens with one attached hydrogen (secondary N) is 2. The zero-order valence-electron chi connectivity index (χ0n) is 11.9. The normalized spacial score (nSPS) is 10.5. The second kappa shape index (κ2) is 8.05. The Morgan fingerprint density at radius 2 is 1.96 bits per heavy atom. The Kier molecular flexibility index (Phi) is 5.82. The smallest absolute Gasteiger partial charge is 0.259 e. The molecule has 0 heterocycles. The lowest BCUT2D eigenvalue weighted by Gasteiger charge is -2.04. The number of nitrogens with zero attached hydrogens (tertiary/aromatic N) is 1. The quantitative estimate of drug-likeness (QED) is 0.651. The summed E-state index contributed by atoms with van der Waals surface area (Å²) >= 11 is 5.93. The van der Waals surface area contributed by atoms with Crippen molar-refractivity contribution in [2.75, 3.05) is 6.54 Å². The molecule has 2 rings (SSSR count). The molecule has 0 bridgehead atoms. The Morgan fingerprint density at radius 3 is 2.70 bits per heavy atom. The van der Waals surface area contributed by atoms with Crippen molar-refractivity contribution in [2.24, 2.45) is 5.10 Å². The lowest BCUT2D eigenvalue weighted by atomic mass is 10.2. The van der Waals surface area contributed by atoms with E-state index in [0.29, 0.717) is 10.6 Å². The number of hydrogen-bond acceptors (Lipinski definition) is 3. The van der Waals surface area contributed by atoms with Gasteiger partial charge in [0.05, 0.1) is 12.8 Å². The molecule has 0 fully saturated rings. The van der Waals surface area contributed by atoms with Crippen molar-refractivity contribution >= 4 is 29.6 Å². The number of hydrogen-bond donors (Lipinski definition) is 2. The van der Waals surface area contributed by atoms with Gasteiger partial charge in [-0.05, 0) is 24.3 Å². The van der Waals surface area contributed by atoms with Gasteiger partial charge >= 0.3 is 0 Å². The highest BCUT2D eigenvalue weighted by molar-refractivity contribution is 6.33. The SMILES string of the molecule is O=C(CNC(=O)c1cccc(F)c1)N/N=C/c1ccccc1Cl. The van der Waals surface area contributed by atoms with Crippen molar-refractivity contribution in [3.63, 3.8) is 0 Å². The first-order valence-corrected chi connectivity index (χ1v) is 7.04. The summed E-state index contributed by atoms with van der Waals surface area (Å²) in [4.78, 5) is 23.3. The second-order valence-corrected chi connectivity index (χ2v) is 4.91. The molecule has 0 aromatic heterocycles. The molecule has 2 aromatic carbocycles. The van der Waals surface area contributed by atoms with Gasteiger partial charge in [-0.15, -0.1) is 0 Å². The van der Waals surface area contributed by atoms with Gasteiger partial charge in [0.25, 0.3) is 11.8 Å². The number of benzene rings is 2. The first kappa shape index (κ1) is 16.6. The molecule has 2 aromatic rings. The molecular formula is C16H13ClFN3O2. The van der Waals surface area contributed by atoms with Gasteiger partial charge in [0.2, 0.25) is 0 Å². The van der Waals surface area contributed by atoms with E-state index in [1.54, 1.807) is 24.3 Å². The molecule has 2 N–H and O–H groups in total. The van der Waals surface area contributed by atoms with Gasteiger partial charge in [0, 0.05) is 16.1 Å². The Labute approximate surface area is 137 Å². The Bertz CT molecular complexity index is 750. The van der Waals surface area contributed by atoms with Gasteiger partial charge in [0.1, 0.15) is 5.82 Å². The second-order valence-electron chi connectivity index (χ2n) is 4.51. The highest BCUT2D eigenvalue weighted by Gasteiger charge is 2.08. The van der Waals surface area contributed by atoms with Gasteiger partial charge in [-0.1, -0.05) is 35.9 Å². The molecule has 2 amide bonds. The van der Waals surface area contributed by atoms with Crippen LogP contribution in [0.25, 0.3) is 0 Å². The predicted octanol–water partition coefficient (Wildman–Crippen LogP) is 2.36. The first-order chi connectivity index (χ1) is 11.1. The van der Waals surface area contributed by atoms with Crippen molar-refractivity contribution < 1.29 is 14.0 Å². The summed E-state index contributed by atoms with van der Waals surface area (Å²) in [5.41, 5.74) is 3.05. The van der Waals surface area contributed by atoms with Crippen molar-refractivity contribution in [3.8, 4) is 0 Å². The topological polar surface area (TPSA) is 70.6 Å². The zero-order chi connectivity index (χ0) is 16.7. The van der Waals surface area contributed by atoms with E-state index in [1.807, 2.05) is 0 Å². The average molecular weight is 334 g/mol. The van der Waals surface area contributed by atoms with E-state index in [-0.39, 0.29) is 12.1 Å². The molecule has 0 aliphatic carbocycles. The van der Waals surface area contributed by atoms with Gasteiger partial charge in [0.15, 0.2) is 0 Å². The lowest BCUT2D eigenvalue weighted by Crippen LogP contribution is -2.34. The first-order valence-electron chi connectivity index (χ1n) is 6.66. The van der Waals surface area contributed by atoms with E-state index in [1.165, 1.54) is 24.4 Å². The zero-order valence-corrected chi connectivity index (χ0v) is 12.7. The van der Waals surface area contributed by atoms with Crippen LogP contribution in [0.5, 0.6) is 0 Å². The summed E-state index contributed by atoms with van der Waals surface area (Å²) in [6.45, 7) is -0.283. The molecular weight excluding hydrogens is 321 g/mol. The van der Waals surface area contributed by atoms with Crippen LogP contribution in [0.15, 0.2) is 53.6 Å². The largest absolute Gasteiger partial charge is 0.343 e. The van der Waals surface area contributed by atoms with E-state index in [0.717, 1.165) is 6.07 Å². The number of hydrazone groups is 1. The van der Waals surface area contributed by atoms with Crippen LogP contribution in [-0.2, 0) is 4.79 Å². The third-order valence-corrected chi connectivity index (χ3v) is 3.14. The molecule has 118 valence electrons. The van der Waals surface area contributed by atoms with Crippen molar-refractivity contribution in [1.29, 1.82) is 0 Å². The van der Waals surface area contributed by atoms with Crippen LogP contribution in [0.4, 0.5) is 4.39 Å². The van der Waals surface area contributed by atoms with Crippen molar-refractivity contribution in [2.45, 2.75) is 0 Å². The predicted molar refractivity (Wildman–Crippen MR) is 85.9 cm³/mol. The van der Waals surface area contributed by atoms with E-state index in [9.17, 15) is 14.0 Å². The van der Waals surface area contributed by atoms with Gasteiger partial charge < -0.3 is 5.32 Å². The van der Waals surface area contributed by atoms with Crippen LogP contribution in [0.3, 0.4) is 0 Å². The summed E-state index contributed by atoms with van der Waals surface area (Å²) in [6, 6.07) is 12.2. The molecule has 23 heavy (non-hydrogen) atoms. The lowest BCUT2D eigenvalue weighted by molar-refractivity contribution is -0.120. The Hall–Kier alpha value is -2.73. The van der Waals surface area contributed by atoms with E-state index >= 15 is 0 Å². The summed E-state index contributed by atoms with van der Waals surface area (Å²) in [5.74, 6) is -1.58. The van der Waals surface area contributed by atoms with Crippen molar-refractivity contribution in [3.05, 3.63) is 70.5 Å².